The van der Waals surface area contributed by atoms with E-state index in [2.05, 4.69) is 27.1 Å². The Morgan fingerprint density at radius 2 is 2.28 bits per heavy atom. The molecule has 2 rings (SSSR count). The lowest BCUT2D eigenvalue weighted by molar-refractivity contribution is 0.0767. The van der Waals surface area contributed by atoms with Crippen molar-refractivity contribution >= 4 is 21.8 Å². The number of carbonyl (C=O) groups is 1. The Morgan fingerprint density at radius 3 is 2.78 bits per heavy atom. The molecular weight excluding hydrogens is 292 g/mol. The summed E-state index contributed by atoms with van der Waals surface area (Å²) in [4.78, 5) is 14.4. The molecule has 3 nitrogen and oxygen atoms in total. The first-order chi connectivity index (χ1) is 8.52. The van der Waals surface area contributed by atoms with Crippen molar-refractivity contribution in [3.63, 3.8) is 0 Å². The van der Waals surface area contributed by atoms with Crippen LogP contribution in [0.25, 0.3) is 0 Å². The normalized spacial score (nSPS) is 14.6. The van der Waals surface area contributed by atoms with Crippen LogP contribution in [0.1, 0.15) is 43.2 Å². The van der Waals surface area contributed by atoms with Crippen molar-refractivity contribution in [2.45, 2.75) is 32.7 Å². The van der Waals surface area contributed by atoms with Gasteiger partial charge in [-0.2, -0.15) is 0 Å². The van der Waals surface area contributed by atoms with E-state index in [0.717, 1.165) is 15.7 Å². The van der Waals surface area contributed by atoms with E-state index in [4.69, 9.17) is 0 Å². The van der Waals surface area contributed by atoms with Crippen LogP contribution in [-0.2, 0) is 0 Å². The Morgan fingerprint density at radius 1 is 1.61 bits per heavy atom. The molecular formula is C14H19BrN2O. The Labute approximate surface area is 117 Å². The summed E-state index contributed by atoms with van der Waals surface area (Å²) in [6.07, 6.45) is 4.36. The second-order valence-electron chi connectivity index (χ2n) is 4.96. The van der Waals surface area contributed by atoms with E-state index in [9.17, 15) is 4.79 Å². The fraction of sp³-hybridized carbons (Fsp3) is 0.500. The topological polar surface area (TPSA) is 25.2 Å². The summed E-state index contributed by atoms with van der Waals surface area (Å²) in [5.41, 5.74) is 1.79. The van der Waals surface area contributed by atoms with Gasteiger partial charge in [-0.1, -0.05) is 12.2 Å². The van der Waals surface area contributed by atoms with Gasteiger partial charge in [0.2, 0.25) is 0 Å². The summed E-state index contributed by atoms with van der Waals surface area (Å²) in [5.74, 6) is 0.0955. The molecule has 1 aliphatic rings. The summed E-state index contributed by atoms with van der Waals surface area (Å²) in [5, 5.41) is 0. The highest BCUT2D eigenvalue weighted by atomic mass is 79.9. The maximum Gasteiger partial charge on any atom is 0.270 e. The molecule has 1 aliphatic carbocycles. The van der Waals surface area contributed by atoms with Gasteiger partial charge < -0.3 is 9.47 Å². The van der Waals surface area contributed by atoms with Crippen LogP contribution in [0.2, 0.25) is 0 Å². The van der Waals surface area contributed by atoms with Crippen molar-refractivity contribution in [2.75, 3.05) is 13.1 Å². The monoisotopic (exact) mass is 310 g/mol. The van der Waals surface area contributed by atoms with Gasteiger partial charge in [0.1, 0.15) is 5.69 Å². The Bertz CT molecular complexity index is 474. The molecule has 1 saturated carbocycles. The lowest BCUT2D eigenvalue weighted by Gasteiger charge is -2.21. The van der Waals surface area contributed by atoms with E-state index in [1.54, 1.807) is 0 Å². The number of halogens is 1. The Kier molecular flexibility index (Phi) is 3.95. The number of hydrogen-bond donors (Lipinski definition) is 0. The van der Waals surface area contributed by atoms with Crippen molar-refractivity contribution in [1.29, 1.82) is 0 Å². The highest BCUT2D eigenvalue weighted by Gasteiger charge is 2.29. The van der Waals surface area contributed by atoms with Crippen molar-refractivity contribution in [3.05, 3.63) is 34.6 Å². The molecule has 1 amide bonds. The number of aromatic nitrogens is 1. The van der Waals surface area contributed by atoms with Crippen LogP contribution < -0.4 is 0 Å². The van der Waals surface area contributed by atoms with E-state index in [-0.39, 0.29) is 5.91 Å². The van der Waals surface area contributed by atoms with Crippen molar-refractivity contribution in [1.82, 2.24) is 9.47 Å². The predicted octanol–water partition coefficient (Wildman–Crippen LogP) is 3.62. The van der Waals surface area contributed by atoms with Crippen LogP contribution in [-0.4, -0.2) is 28.5 Å². The van der Waals surface area contributed by atoms with Gasteiger partial charge in [-0.3, -0.25) is 4.79 Å². The van der Waals surface area contributed by atoms with Crippen LogP contribution in [0.15, 0.2) is 28.9 Å². The average molecular weight is 311 g/mol. The van der Waals surface area contributed by atoms with Gasteiger partial charge in [-0.25, -0.2) is 0 Å². The molecule has 1 aromatic heterocycles. The Balaban J connectivity index is 2.23. The third-order valence-electron chi connectivity index (χ3n) is 3.10. The fourth-order valence-electron chi connectivity index (χ4n) is 2.09. The smallest absolute Gasteiger partial charge is 0.270 e. The number of rotatable bonds is 5. The molecule has 0 aromatic carbocycles. The first-order valence-electron chi connectivity index (χ1n) is 6.34. The summed E-state index contributed by atoms with van der Waals surface area (Å²) < 4.78 is 3.08. The molecule has 0 saturated heterocycles. The zero-order chi connectivity index (χ0) is 13.3. The summed E-state index contributed by atoms with van der Waals surface area (Å²) >= 11 is 3.46. The molecule has 1 aromatic rings. The molecule has 98 valence electrons. The second kappa shape index (κ2) is 5.31. The zero-order valence-electron chi connectivity index (χ0n) is 10.9. The summed E-state index contributed by atoms with van der Waals surface area (Å²) in [6.45, 7) is 9.17. The van der Waals surface area contributed by atoms with Crippen LogP contribution in [0.3, 0.4) is 0 Å². The van der Waals surface area contributed by atoms with E-state index in [0.29, 0.717) is 19.1 Å². The van der Waals surface area contributed by atoms with Crippen molar-refractivity contribution in [3.8, 4) is 0 Å². The number of hydrogen-bond acceptors (Lipinski definition) is 1. The Hall–Kier alpha value is -1.03. The molecule has 0 bridgehead atoms. The highest BCUT2D eigenvalue weighted by Crippen LogP contribution is 2.37. The maximum atomic E-state index is 12.5. The van der Waals surface area contributed by atoms with Gasteiger partial charge >= 0.3 is 0 Å². The van der Waals surface area contributed by atoms with Crippen LogP contribution in [0.5, 0.6) is 0 Å². The third kappa shape index (κ3) is 2.86. The standard InChI is InChI=1S/C14H19BrN2O/c1-4-16(8-10(2)3)14(18)13-7-11(15)9-17(13)12-5-6-12/h7,9,12H,2,4-6,8H2,1,3H3. The van der Waals surface area contributed by atoms with Gasteiger partial charge in [0.25, 0.3) is 5.91 Å². The molecule has 0 radical (unpaired) electrons. The van der Waals surface area contributed by atoms with E-state index in [1.807, 2.05) is 31.0 Å². The minimum Gasteiger partial charge on any atom is -0.339 e. The molecule has 0 aliphatic heterocycles. The number of amides is 1. The molecule has 0 atom stereocenters. The molecule has 0 spiro atoms. The van der Waals surface area contributed by atoms with Crippen molar-refractivity contribution in [2.24, 2.45) is 0 Å². The molecule has 0 N–H and O–H groups in total. The maximum absolute atomic E-state index is 12.5. The predicted molar refractivity (Wildman–Crippen MR) is 76.8 cm³/mol. The van der Waals surface area contributed by atoms with Gasteiger partial charge in [-0.15, -0.1) is 0 Å². The fourth-order valence-corrected chi connectivity index (χ4v) is 2.52. The zero-order valence-corrected chi connectivity index (χ0v) is 12.5. The molecule has 4 heteroatoms. The lowest BCUT2D eigenvalue weighted by atomic mass is 10.3. The van der Waals surface area contributed by atoms with Gasteiger partial charge in [0.05, 0.1) is 0 Å². The average Bonchev–Trinajstić information content (AvgIpc) is 3.08. The van der Waals surface area contributed by atoms with Crippen LogP contribution >= 0.6 is 15.9 Å². The number of carbonyl (C=O) groups excluding carboxylic acids is 1. The molecule has 1 fully saturated rings. The molecule has 18 heavy (non-hydrogen) atoms. The first-order valence-corrected chi connectivity index (χ1v) is 7.13. The SMILES string of the molecule is C=C(C)CN(CC)C(=O)c1cc(Br)cn1C1CC1. The quantitative estimate of drug-likeness (QED) is 0.762. The first kappa shape index (κ1) is 13.4. The van der Waals surface area contributed by atoms with E-state index >= 15 is 0 Å². The van der Waals surface area contributed by atoms with Crippen LogP contribution in [0, 0.1) is 0 Å². The minimum atomic E-state index is 0.0955. The number of likely N-dealkylation sites (N-methyl/N-ethyl adjacent to an activating group) is 1. The largest absolute Gasteiger partial charge is 0.339 e. The number of nitrogens with zero attached hydrogens (tertiary/aromatic N) is 2. The minimum absolute atomic E-state index is 0.0955. The van der Waals surface area contributed by atoms with Gasteiger partial charge in [0, 0.05) is 29.8 Å². The van der Waals surface area contributed by atoms with Gasteiger partial charge in [0.15, 0.2) is 0 Å². The summed E-state index contributed by atoms with van der Waals surface area (Å²) in [6, 6.07) is 2.43. The van der Waals surface area contributed by atoms with Gasteiger partial charge in [-0.05, 0) is 48.7 Å². The third-order valence-corrected chi connectivity index (χ3v) is 3.54. The molecule has 1 heterocycles. The molecule has 0 unspecified atom stereocenters. The summed E-state index contributed by atoms with van der Waals surface area (Å²) in [7, 11) is 0. The van der Waals surface area contributed by atoms with Crippen molar-refractivity contribution < 1.29 is 4.79 Å². The van der Waals surface area contributed by atoms with E-state index in [1.165, 1.54) is 12.8 Å². The van der Waals surface area contributed by atoms with E-state index < -0.39 is 0 Å². The second-order valence-corrected chi connectivity index (χ2v) is 5.87. The highest BCUT2D eigenvalue weighted by molar-refractivity contribution is 9.10. The van der Waals surface area contributed by atoms with Crippen LogP contribution in [0.4, 0.5) is 0 Å². The lowest BCUT2D eigenvalue weighted by Crippen LogP contribution is -2.33.